The molecular formula is C21H21NO3. The first-order valence-electron chi connectivity index (χ1n) is 8.09. The number of ether oxygens (including phenoxy) is 1. The molecule has 2 aromatic rings. The van der Waals surface area contributed by atoms with E-state index >= 15 is 0 Å². The molecule has 25 heavy (non-hydrogen) atoms. The van der Waals surface area contributed by atoms with Crippen LogP contribution in [0, 0.1) is 0 Å². The molecule has 2 aromatic carbocycles. The van der Waals surface area contributed by atoms with Crippen molar-refractivity contribution in [3.05, 3.63) is 78.9 Å². The summed E-state index contributed by atoms with van der Waals surface area (Å²) in [5.74, 6) is -0.635. The third kappa shape index (κ3) is 6.47. The van der Waals surface area contributed by atoms with Gasteiger partial charge in [-0.1, -0.05) is 55.1 Å². The van der Waals surface area contributed by atoms with Gasteiger partial charge < -0.3 is 10.1 Å². The van der Waals surface area contributed by atoms with Gasteiger partial charge >= 0.3 is 5.97 Å². The minimum absolute atomic E-state index is 0.180. The van der Waals surface area contributed by atoms with Gasteiger partial charge in [0.2, 0.25) is 5.91 Å². The van der Waals surface area contributed by atoms with Crippen LogP contribution in [0.4, 0.5) is 0 Å². The molecule has 0 fully saturated rings. The Morgan fingerprint density at radius 2 is 1.80 bits per heavy atom. The number of rotatable bonds is 8. The summed E-state index contributed by atoms with van der Waals surface area (Å²) in [6.07, 6.45) is 4.95. The topological polar surface area (TPSA) is 55.4 Å². The molecule has 0 aliphatic rings. The highest BCUT2D eigenvalue weighted by molar-refractivity contribution is 5.91. The first-order valence-corrected chi connectivity index (χ1v) is 8.09. The molecular weight excluding hydrogens is 314 g/mol. The summed E-state index contributed by atoms with van der Waals surface area (Å²) in [6.45, 7) is 4.01. The highest BCUT2D eigenvalue weighted by Gasteiger charge is 1.99. The molecule has 0 radical (unpaired) electrons. The number of benzene rings is 2. The SMILES string of the molecule is C=CC(=O)OCCCNC(=O)/C=C/c1cccc(-c2ccccc2)c1. The summed E-state index contributed by atoms with van der Waals surface area (Å²) in [4.78, 5) is 22.7. The molecule has 1 N–H and O–H groups in total. The molecule has 0 bridgehead atoms. The molecule has 0 spiro atoms. The number of carbonyl (C=O) groups excluding carboxylic acids is 2. The maximum absolute atomic E-state index is 11.8. The van der Waals surface area contributed by atoms with Crippen LogP contribution in [-0.2, 0) is 14.3 Å². The Labute approximate surface area is 147 Å². The third-order valence-electron chi connectivity index (χ3n) is 3.45. The van der Waals surface area contributed by atoms with Gasteiger partial charge in [0.25, 0.3) is 0 Å². The molecule has 0 unspecified atom stereocenters. The van der Waals surface area contributed by atoms with E-state index in [1.165, 1.54) is 6.08 Å². The number of hydrogen-bond acceptors (Lipinski definition) is 3. The number of esters is 1. The summed E-state index contributed by atoms with van der Waals surface area (Å²) in [5.41, 5.74) is 3.19. The van der Waals surface area contributed by atoms with E-state index in [0.29, 0.717) is 13.0 Å². The summed E-state index contributed by atoms with van der Waals surface area (Å²) in [7, 11) is 0. The van der Waals surface area contributed by atoms with Crippen LogP contribution in [0.3, 0.4) is 0 Å². The van der Waals surface area contributed by atoms with E-state index in [0.717, 1.165) is 22.8 Å². The highest BCUT2D eigenvalue weighted by Crippen LogP contribution is 2.20. The van der Waals surface area contributed by atoms with Crippen molar-refractivity contribution in [1.29, 1.82) is 0 Å². The van der Waals surface area contributed by atoms with E-state index in [2.05, 4.69) is 24.0 Å². The second kappa shape index (κ2) is 9.88. The van der Waals surface area contributed by atoms with Gasteiger partial charge in [-0.15, -0.1) is 0 Å². The van der Waals surface area contributed by atoms with Gasteiger partial charge in [-0.3, -0.25) is 4.79 Å². The molecule has 0 aliphatic carbocycles. The fraction of sp³-hybridized carbons (Fsp3) is 0.143. The van der Waals surface area contributed by atoms with Gasteiger partial charge in [-0.05, 0) is 35.3 Å². The van der Waals surface area contributed by atoms with Crippen LogP contribution in [-0.4, -0.2) is 25.0 Å². The molecule has 0 aliphatic heterocycles. The Kier molecular flexibility index (Phi) is 7.19. The van der Waals surface area contributed by atoms with Crippen molar-refractivity contribution in [2.24, 2.45) is 0 Å². The maximum atomic E-state index is 11.8. The standard InChI is InChI=1S/C21H21NO3/c1-2-21(24)25-15-7-14-22-20(23)13-12-17-8-6-11-19(16-17)18-9-4-3-5-10-18/h2-6,8-13,16H,1,7,14-15H2,(H,22,23)/b13-12+. The van der Waals surface area contributed by atoms with Gasteiger partial charge in [0.05, 0.1) is 6.61 Å². The van der Waals surface area contributed by atoms with Crippen molar-refractivity contribution in [1.82, 2.24) is 5.32 Å². The average Bonchev–Trinajstić information content (AvgIpc) is 2.66. The van der Waals surface area contributed by atoms with Crippen molar-refractivity contribution in [3.63, 3.8) is 0 Å². The van der Waals surface area contributed by atoms with Crippen molar-refractivity contribution >= 4 is 18.0 Å². The lowest BCUT2D eigenvalue weighted by molar-refractivity contribution is -0.137. The lowest BCUT2D eigenvalue weighted by Crippen LogP contribution is -2.23. The second-order valence-electron chi connectivity index (χ2n) is 5.34. The van der Waals surface area contributed by atoms with Crippen molar-refractivity contribution < 1.29 is 14.3 Å². The summed E-state index contributed by atoms with van der Waals surface area (Å²) < 4.78 is 4.83. The molecule has 128 valence electrons. The first kappa shape index (κ1) is 18.2. The molecule has 0 saturated carbocycles. The third-order valence-corrected chi connectivity index (χ3v) is 3.45. The minimum Gasteiger partial charge on any atom is -0.462 e. The smallest absolute Gasteiger partial charge is 0.330 e. The van der Waals surface area contributed by atoms with Gasteiger partial charge in [-0.25, -0.2) is 4.79 Å². The quantitative estimate of drug-likeness (QED) is 0.455. The fourth-order valence-electron chi connectivity index (χ4n) is 2.20. The Balaban J connectivity index is 1.82. The molecule has 4 nitrogen and oxygen atoms in total. The molecule has 4 heteroatoms. The molecule has 0 atom stereocenters. The zero-order valence-corrected chi connectivity index (χ0v) is 14.0. The van der Waals surface area contributed by atoms with Crippen LogP contribution in [0.15, 0.2) is 73.3 Å². The van der Waals surface area contributed by atoms with Crippen molar-refractivity contribution in [2.75, 3.05) is 13.2 Å². The average molecular weight is 335 g/mol. The van der Waals surface area contributed by atoms with Crippen molar-refractivity contribution in [2.45, 2.75) is 6.42 Å². The van der Waals surface area contributed by atoms with Crippen LogP contribution >= 0.6 is 0 Å². The zero-order chi connectivity index (χ0) is 17.9. The predicted octanol–water partition coefficient (Wildman–Crippen LogP) is 3.60. The van der Waals surface area contributed by atoms with Crippen LogP contribution in [0.2, 0.25) is 0 Å². The number of carbonyl (C=O) groups is 2. The van der Waals surface area contributed by atoms with E-state index < -0.39 is 5.97 Å². The maximum Gasteiger partial charge on any atom is 0.330 e. The second-order valence-corrected chi connectivity index (χ2v) is 5.34. The molecule has 0 aromatic heterocycles. The van der Waals surface area contributed by atoms with Crippen LogP contribution in [0.1, 0.15) is 12.0 Å². The fourth-order valence-corrected chi connectivity index (χ4v) is 2.20. The monoisotopic (exact) mass is 335 g/mol. The lowest BCUT2D eigenvalue weighted by atomic mass is 10.0. The molecule has 0 saturated heterocycles. The number of amides is 1. The Morgan fingerprint density at radius 1 is 1.04 bits per heavy atom. The van der Waals surface area contributed by atoms with Gasteiger partial charge in [0, 0.05) is 18.7 Å². The molecule has 0 heterocycles. The van der Waals surface area contributed by atoms with E-state index in [1.54, 1.807) is 6.08 Å². The van der Waals surface area contributed by atoms with Gasteiger partial charge in [0.15, 0.2) is 0 Å². The number of nitrogens with one attached hydrogen (secondary N) is 1. The van der Waals surface area contributed by atoms with E-state index in [-0.39, 0.29) is 12.5 Å². The Bertz CT molecular complexity index is 751. The summed E-state index contributed by atoms with van der Waals surface area (Å²) in [5, 5.41) is 2.75. The van der Waals surface area contributed by atoms with Gasteiger partial charge in [0.1, 0.15) is 0 Å². The van der Waals surface area contributed by atoms with Crippen LogP contribution < -0.4 is 5.32 Å². The zero-order valence-electron chi connectivity index (χ0n) is 14.0. The summed E-state index contributed by atoms with van der Waals surface area (Å²) in [6, 6.07) is 18.1. The molecule has 1 amide bonds. The predicted molar refractivity (Wildman–Crippen MR) is 99.7 cm³/mol. The van der Waals surface area contributed by atoms with Gasteiger partial charge in [-0.2, -0.15) is 0 Å². The van der Waals surface area contributed by atoms with Crippen molar-refractivity contribution in [3.8, 4) is 11.1 Å². The lowest BCUT2D eigenvalue weighted by Gasteiger charge is -2.04. The Morgan fingerprint density at radius 3 is 2.56 bits per heavy atom. The minimum atomic E-state index is -0.454. The van der Waals surface area contributed by atoms with E-state index in [4.69, 9.17) is 4.74 Å². The van der Waals surface area contributed by atoms with Crippen LogP contribution in [0.25, 0.3) is 17.2 Å². The first-order chi connectivity index (χ1) is 12.2. The number of hydrogen-bond donors (Lipinski definition) is 1. The largest absolute Gasteiger partial charge is 0.462 e. The Hall–Kier alpha value is -3.14. The van der Waals surface area contributed by atoms with Crippen LogP contribution in [0.5, 0.6) is 0 Å². The van der Waals surface area contributed by atoms with E-state index in [1.807, 2.05) is 42.5 Å². The molecule has 2 rings (SSSR count). The van der Waals surface area contributed by atoms with E-state index in [9.17, 15) is 9.59 Å². The summed E-state index contributed by atoms with van der Waals surface area (Å²) >= 11 is 0. The normalized spacial score (nSPS) is 10.4. The highest BCUT2D eigenvalue weighted by atomic mass is 16.5.